The van der Waals surface area contributed by atoms with E-state index in [0.717, 1.165) is 13.1 Å². The lowest BCUT2D eigenvalue weighted by Crippen LogP contribution is -2.90. The molecule has 1 atom stereocenters. The number of rotatable bonds is 1. The maximum absolute atomic E-state index is 10.7. The van der Waals surface area contributed by atoms with Gasteiger partial charge in [0.2, 0.25) is 0 Å². The molecule has 0 saturated carbocycles. The predicted molar refractivity (Wildman–Crippen MR) is 32.1 cm³/mol. The van der Waals surface area contributed by atoms with Gasteiger partial charge in [0.15, 0.2) is 11.9 Å². The minimum Gasteiger partial charge on any atom is -0.359 e. The SMILES string of the molecule is CC(=O)C1C[NH2+]CCO1. The molecule has 0 radical (unpaired) electrons. The number of ketones is 1. The van der Waals surface area contributed by atoms with E-state index in [1.165, 1.54) is 0 Å². The molecule has 3 nitrogen and oxygen atoms in total. The fraction of sp³-hybridized carbons (Fsp3) is 0.833. The summed E-state index contributed by atoms with van der Waals surface area (Å²) >= 11 is 0. The van der Waals surface area contributed by atoms with Crippen LogP contribution in [0.5, 0.6) is 0 Å². The van der Waals surface area contributed by atoms with E-state index < -0.39 is 0 Å². The Labute approximate surface area is 54.4 Å². The van der Waals surface area contributed by atoms with Crippen LogP contribution >= 0.6 is 0 Å². The molecule has 2 N–H and O–H groups in total. The first-order chi connectivity index (χ1) is 4.30. The molecule has 1 heterocycles. The maximum atomic E-state index is 10.7. The first-order valence-corrected chi connectivity index (χ1v) is 3.24. The Bertz CT molecular complexity index is 108. The Morgan fingerprint density at radius 2 is 2.56 bits per heavy atom. The summed E-state index contributed by atoms with van der Waals surface area (Å²) in [6.07, 6.45) is -0.140. The summed E-state index contributed by atoms with van der Waals surface area (Å²) in [6, 6.07) is 0. The number of hydrogen-bond donors (Lipinski definition) is 1. The van der Waals surface area contributed by atoms with Gasteiger partial charge in [0, 0.05) is 0 Å². The number of carbonyl (C=O) groups is 1. The summed E-state index contributed by atoms with van der Waals surface area (Å²) in [4.78, 5) is 10.7. The van der Waals surface area contributed by atoms with Crippen LogP contribution in [0.3, 0.4) is 0 Å². The fourth-order valence-electron chi connectivity index (χ4n) is 0.914. The van der Waals surface area contributed by atoms with Gasteiger partial charge in [-0.3, -0.25) is 4.79 Å². The van der Waals surface area contributed by atoms with E-state index >= 15 is 0 Å². The van der Waals surface area contributed by atoms with Crippen LogP contribution in [0, 0.1) is 0 Å². The highest BCUT2D eigenvalue weighted by Crippen LogP contribution is 1.91. The molecule has 0 amide bonds. The molecule has 1 unspecified atom stereocenters. The van der Waals surface area contributed by atoms with E-state index in [1.54, 1.807) is 6.92 Å². The third kappa shape index (κ3) is 1.77. The van der Waals surface area contributed by atoms with Gasteiger partial charge >= 0.3 is 0 Å². The van der Waals surface area contributed by atoms with E-state index in [4.69, 9.17) is 4.74 Å². The molecule has 0 aromatic rings. The van der Waals surface area contributed by atoms with Crippen LogP contribution in [0.2, 0.25) is 0 Å². The average Bonchev–Trinajstić information content (AvgIpc) is 1.90. The molecule has 1 aliphatic rings. The molecule has 1 aliphatic heterocycles. The van der Waals surface area contributed by atoms with Gasteiger partial charge in [-0.15, -0.1) is 0 Å². The van der Waals surface area contributed by atoms with Crippen molar-refractivity contribution in [1.29, 1.82) is 0 Å². The molecule has 9 heavy (non-hydrogen) atoms. The normalized spacial score (nSPS) is 27.9. The second-order valence-corrected chi connectivity index (χ2v) is 2.28. The van der Waals surface area contributed by atoms with Crippen LogP contribution in [0.4, 0.5) is 0 Å². The van der Waals surface area contributed by atoms with Crippen LogP contribution in [0.25, 0.3) is 0 Å². The van der Waals surface area contributed by atoms with Crippen molar-refractivity contribution in [3.63, 3.8) is 0 Å². The summed E-state index contributed by atoms with van der Waals surface area (Å²) in [6.45, 7) is 4.08. The molecule has 0 aromatic heterocycles. The van der Waals surface area contributed by atoms with Gasteiger partial charge in [-0.2, -0.15) is 0 Å². The minimum atomic E-state index is -0.140. The standard InChI is InChI=1S/C6H11NO2/c1-5(8)6-4-7-2-3-9-6/h6-7H,2-4H2,1H3/p+1. The average molecular weight is 130 g/mol. The fourth-order valence-corrected chi connectivity index (χ4v) is 0.914. The van der Waals surface area contributed by atoms with Crippen LogP contribution in [-0.4, -0.2) is 31.6 Å². The van der Waals surface area contributed by atoms with Crippen molar-refractivity contribution in [1.82, 2.24) is 0 Å². The highest BCUT2D eigenvalue weighted by molar-refractivity contribution is 5.80. The van der Waals surface area contributed by atoms with Crippen molar-refractivity contribution < 1.29 is 14.8 Å². The number of carbonyl (C=O) groups excluding carboxylic acids is 1. The summed E-state index contributed by atoms with van der Waals surface area (Å²) in [7, 11) is 0. The van der Waals surface area contributed by atoms with Gasteiger partial charge in [-0.1, -0.05) is 0 Å². The number of nitrogens with two attached hydrogens (primary N) is 1. The van der Waals surface area contributed by atoms with E-state index in [2.05, 4.69) is 5.32 Å². The van der Waals surface area contributed by atoms with Crippen LogP contribution in [0.15, 0.2) is 0 Å². The van der Waals surface area contributed by atoms with Gasteiger partial charge < -0.3 is 10.1 Å². The first kappa shape index (κ1) is 6.71. The molecule has 1 rings (SSSR count). The molecule has 1 fully saturated rings. The predicted octanol–water partition coefficient (Wildman–Crippen LogP) is -1.46. The zero-order valence-corrected chi connectivity index (χ0v) is 5.59. The zero-order chi connectivity index (χ0) is 6.69. The zero-order valence-electron chi connectivity index (χ0n) is 5.59. The molecule has 0 aromatic carbocycles. The van der Waals surface area contributed by atoms with Gasteiger partial charge in [0.05, 0.1) is 13.2 Å². The second-order valence-electron chi connectivity index (χ2n) is 2.28. The number of morpholine rings is 1. The monoisotopic (exact) mass is 130 g/mol. The Morgan fingerprint density at radius 1 is 1.78 bits per heavy atom. The Morgan fingerprint density at radius 3 is 2.89 bits per heavy atom. The Kier molecular flexibility index (Phi) is 2.19. The summed E-state index contributed by atoms with van der Waals surface area (Å²) < 4.78 is 5.16. The van der Waals surface area contributed by atoms with Gasteiger partial charge in [-0.05, 0) is 6.92 Å². The molecule has 0 bridgehead atoms. The topological polar surface area (TPSA) is 42.9 Å². The molecule has 0 spiro atoms. The highest BCUT2D eigenvalue weighted by atomic mass is 16.5. The molecule has 3 heteroatoms. The lowest BCUT2D eigenvalue weighted by molar-refractivity contribution is -0.674. The first-order valence-electron chi connectivity index (χ1n) is 3.24. The van der Waals surface area contributed by atoms with Gasteiger partial charge in [-0.25, -0.2) is 0 Å². The van der Waals surface area contributed by atoms with Crippen molar-refractivity contribution in [3.05, 3.63) is 0 Å². The summed E-state index contributed by atoms with van der Waals surface area (Å²) in [5.41, 5.74) is 0. The third-order valence-corrected chi connectivity index (χ3v) is 1.48. The Balaban J connectivity index is 2.31. The van der Waals surface area contributed by atoms with Crippen molar-refractivity contribution in [2.75, 3.05) is 19.7 Å². The molecular weight excluding hydrogens is 118 g/mol. The molecule has 0 aliphatic carbocycles. The van der Waals surface area contributed by atoms with E-state index in [0.29, 0.717) is 6.61 Å². The van der Waals surface area contributed by atoms with E-state index in [9.17, 15) is 4.79 Å². The van der Waals surface area contributed by atoms with Crippen LogP contribution < -0.4 is 5.32 Å². The lowest BCUT2D eigenvalue weighted by Gasteiger charge is -2.17. The highest BCUT2D eigenvalue weighted by Gasteiger charge is 2.19. The molecule has 52 valence electrons. The van der Waals surface area contributed by atoms with Gasteiger partial charge in [0.25, 0.3) is 0 Å². The number of ether oxygens (including phenoxy) is 1. The van der Waals surface area contributed by atoms with Crippen LogP contribution in [0.1, 0.15) is 6.92 Å². The Hall–Kier alpha value is -0.410. The van der Waals surface area contributed by atoms with Crippen molar-refractivity contribution in [2.45, 2.75) is 13.0 Å². The summed E-state index contributed by atoms with van der Waals surface area (Å²) in [5, 5.41) is 2.11. The number of Topliss-reactive ketones (excluding diaryl/α,β-unsaturated/α-hetero) is 1. The van der Waals surface area contributed by atoms with Crippen molar-refractivity contribution in [2.24, 2.45) is 0 Å². The minimum absolute atomic E-state index is 0.140. The third-order valence-electron chi connectivity index (χ3n) is 1.48. The van der Waals surface area contributed by atoms with Crippen molar-refractivity contribution >= 4 is 5.78 Å². The molecular formula is C6H12NO2+. The largest absolute Gasteiger partial charge is 0.359 e. The van der Waals surface area contributed by atoms with Crippen LogP contribution in [-0.2, 0) is 9.53 Å². The number of quaternary nitrogens is 1. The second kappa shape index (κ2) is 2.94. The quantitative estimate of drug-likeness (QED) is 0.471. The summed E-state index contributed by atoms with van der Waals surface area (Å²) in [5.74, 6) is 0.144. The maximum Gasteiger partial charge on any atom is 0.164 e. The smallest absolute Gasteiger partial charge is 0.164 e. The number of hydrogen-bond acceptors (Lipinski definition) is 2. The van der Waals surface area contributed by atoms with Crippen molar-refractivity contribution in [3.8, 4) is 0 Å². The van der Waals surface area contributed by atoms with E-state index in [1.807, 2.05) is 0 Å². The lowest BCUT2D eigenvalue weighted by atomic mass is 10.2. The van der Waals surface area contributed by atoms with E-state index in [-0.39, 0.29) is 11.9 Å². The molecule has 1 saturated heterocycles. The van der Waals surface area contributed by atoms with Gasteiger partial charge in [0.1, 0.15) is 6.54 Å².